The number of nitriles is 1. The molecule has 0 fully saturated rings. The zero-order chi connectivity index (χ0) is 17.9. The van der Waals surface area contributed by atoms with Crippen molar-refractivity contribution in [1.29, 1.82) is 5.26 Å². The maximum Gasteiger partial charge on any atom is 0.344 e. The summed E-state index contributed by atoms with van der Waals surface area (Å²) in [5, 5.41) is 12.7. The van der Waals surface area contributed by atoms with Gasteiger partial charge in [0.2, 0.25) is 11.8 Å². The molecule has 0 aliphatic carbocycles. The van der Waals surface area contributed by atoms with E-state index >= 15 is 0 Å². The fourth-order valence-corrected chi connectivity index (χ4v) is 3.56. The Morgan fingerprint density at radius 2 is 2.08 bits per heavy atom. The van der Waals surface area contributed by atoms with Crippen molar-refractivity contribution >= 4 is 23.2 Å². The van der Waals surface area contributed by atoms with Crippen LogP contribution in [0, 0.1) is 18.3 Å². The summed E-state index contributed by atoms with van der Waals surface area (Å²) >= 11 is 6.09. The SMILES string of the molecule is Cc1cc2c(c(=O)o1)C1(C(=O)Nc3ccc(Cl)cc31)C(C#N)=C(N)O2. The summed E-state index contributed by atoms with van der Waals surface area (Å²) in [5.74, 6) is -0.474. The number of rotatable bonds is 0. The summed E-state index contributed by atoms with van der Waals surface area (Å²) in [6.07, 6.45) is 0. The van der Waals surface area contributed by atoms with Crippen molar-refractivity contribution in [2.45, 2.75) is 12.3 Å². The van der Waals surface area contributed by atoms with Crippen LogP contribution in [0.25, 0.3) is 0 Å². The lowest BCUT2D eigenvalue weighted by Gasteiger charge is -2.32. The summed E-state index contributed by atoms with van der Waals surface area (Å²) < 4.78 is 10.6. The average molecular weight is 356 g/mol. The molecule has 2 aliphatic heterocycles. The summed E-state index contributed by atoms with van der Waals surface area (Å²) in [6, 6.07) is 8.07. The smallest absolute Gasteiger partial charge is 0.344 e. The molecule has 1 atom stereocenters. The first-order valence-electron chi connectivity index (χ1n) is 7.24. The molecule has 0 saturated carbocycles. The number of nitrogens with zero attached hydrogens (tertiary/aromatic N) is 1. The number of hydrogen-bond acceptors (Lipinski definition) is 6. The van der Waals surface area contributed by atoms with E-state index in [-0.39, 0.29) is 28.5 Å². The fraction of sp³-hybridized carbons (Fsp3) is 0.118. The lowest BCUT2D eigenvalue weighted by atomic mass is 9.69. The third-order valence-corrected chi connectivity index (χ3v) is 4.58. The predicted octanol–water partition coefficient (Wildman–Crippen LogP) is 1.93. The molecule has 1 unspecified atom stereocenters. The number of amides is 1. The van der Waals surface area contributed by atoms with Crippen LogP contribution in [0.5, 0.6) is 5.75 Å². The van der Waals surface area contributed by atoms with Gasteiger partial charge in [-0.2, -0.15) is 5.26 Å². The van der Waals surface area contributed by atoms with Crippen LogP contribution in [0.2, 0.25) is 5.02 Å². The first-order chi connectivity index (χ1) is 11.9. The van der Waals surface area contributed by atoms with E-state index in [0.717, 1.165) is 0 Å². The quantitative estimate of drug-likeness (QED) is 0.745. The number of carbonyl (C=O) groups is 1. The monoisotopic (exact) mass is 355 g/mol. The highest BCUT2D eigenvalue weighted by atomic mass is 35.5. The minimum absolute atomic E-state index is 0.0771. The Bertz CT molecular complexity index is 1100. The summed E-state index contributed by atoms with van der Waals surface area (Å²) in [4.78, 5) is 25.6. The van der Waals surface area contributed by atoms with E-state index in [4.69, 9.17) is 26.5 Å². The van der Waals surface area contributed by atoms with Crippen molar-refractivity contribution in [2.75, 3.05) is 5.32 Å². The van der Waals surface area contributed by atoms with Crippen LogP contribution in [-0.4, -0.2) is 5.91 Å². The van der Waals surface area contributed by atoms with Crippen molar-refractivity contribution in [2.24, 2.45) is 5.73 Å². The molecule has 0 radical (unpaired) electrons. The third-order valence-electron chi connectivity index (χ3n) is 4.34. The number of nitrogens with one attached hydrogen (secondary N) is 1. The Kier molecular flexibility index (Phi) is 2.99. The molecule has 8 heteroatoms. The number of nitrogens with two attached hydrogens (primary N) is 1. The summed E-state index contributed by atoms with van der Waals surface area (Å²) in [5.41, 5.74) is 3.87. The zero-order valence-corrected chi connectivity index (χ0v) is 13.6. The van der Waals surface area contributed by atoms with Crippen LogP contribution >= 0.6 is 11.6 Å². The minimum Gasteiger partial charge on any atom is -0.440 e. The van der Waals surface area contributed by atoms with Gasteiger partial charge in [-0.1, -0.05) is 11.6 Å². The second-order valence-corrected chi connectivity index (χ2v) is 6.17. The van der Waals surface area contributed by atoms with Gasteiger partial charge in [-0.05, 0) is 25.1 Å². The van der Waals surface area contributed by atoms with Crippen LogP contribution in [0.15, 0.2) is 44.9 Å². The lowest BCUT2D eigenvalue weighted by Crippen LogP contribution is -2.45. The number of aryl methyl sites for hydroxylation is 1. The molecule has 1 aromatic carbocycles. The topological polar surface area (TPSA) is 118 Å². The standard InChI is InChI=1S/C17H10ClN3O4/c1-7-4-12-13(15(22)24-7)17(10(6-19)14(20)25-12)9-5-8(18)2-3-11(9)21-16(17)23/h2-5H,20H2,1H3,(H,21,23). The molecule has 7 nitrogen and oxygen atoms in total. The van der Waals surface area contributed by atoms with Crippen molar-refractivity contribution in [3.63, 3.8) is 0 Å². The Morgan fingerprint density at radius 3 is 2.80 bits per heavy atom. The van der Waals surface area contributed by atoms with E-state index in [1.807, 2.05) is 6.07 Å². The number of ether oxygens (including phenoxy) is 1. The number of halogens is 1. The van der Waals surface area contributed by atoms with Gasteiger partial charge in [0.1, 0.15) is 28.7 Å². The van der Waals surface area contributed by atoms with Gasteiger partial charge in [0.05, 0.1) is 0 Å². The number of carbonyl (C=O) groups excluding carboxylic acids is 1. The second kappa shape index (κ2) is 4.88. The molecular formula is C17H10ClN3O4. The van der Waals surface area contributed by atoms with Gasteiger partial charge in [-0.15, -0.1) is 0 Å². The number of hydrogen-bond donors (Lipinski definition) is 2. The minimum atomic E-state index is -1.76. The van der Waals surface area contributed by atoms with E-state index in [1.165, 1.54) is 12.1 Å². The molecule has 2 aromatic rings. The molecule has 3 N–H and O–H groups in total. The van der Waals surface area contributed by atoms with Gasteiger partial charge in [-0.3, -0.25) is 4.79 Å². The van der Waals surface area contributed by atoms with Crippen LogP contribution in [0.4, 0.5) is 5.69 Å². The molecule has 0 bridgehead atoms. The van der Waals surface area contributed by atoms with E-state index in [2.05, 4.69) is 5.32 Å². The van der Waals surface area contributed by atoms with Gasteiger partial charge in [0, 0.05) is 22.3 Å². The molecule has 1 spiro atoms. The van der Waals surface area contributed by atoms with Crippen molar-refractivity contribution < 1.29 is 13.9 Å². The van der Waals surface area contributed by atoms with Crippen molar-refractivity contribution in [3.8, 4) is 11.8 Å². The van der Waals surface area contributed by atoms with Crippen molar-refractivity contribution in [3.05, 3.63) is 68.1 Å². The molecular weight excluding hydrogens is 346 g/mol. The normalized spacial score (nSPS) is 20.6. The van der Waals surface area contributed by atoms with E-state index in [0.29, 0.717) is 16.3 Å². The molecule has 0 saturated heterocycles. The van der Waals surface area contributed by atoms with Crippen LogP contribution < -0.4 is 21.4 Å². The molecule has 2 aliphatic rings. The zero-order valence-electron chi connectivity index (χ0n) is 12.8. The third kappa shape index (κ3) is 1.80. The summed E-state index contributed by atoms with van der Waals surface area (Å²) in [6.45, 7) is 1.57. The predicted molar refractivity (Wildman–Crippen MR) is 88.0 cm³/mol. The maximum absolute atomic E-state index is 13.0. The average Bonchev–Trinajstić information content (AvgIpc) is 2.80. The highest BCUT2D eigenvalue weighted by Gasteiger charge is 2.58. The van der Waals surface area contributed by atoms with Gasteiger partial charge in [0.15, 0.2) is 5.41 Å². The van der Waals surface area contributed by atoms with E-state index in [9.17, 15) is 14.9 Å². The molecule has 1 amide bonds. The highest BCUT2D eigenvalue weighted by molar-refractivity contribution is 6.31. The Labute approximate surface area is 146 Å². The molecule has 1 aromatic heterocycles. The Balaban J connectivity index is 2.22. The Morgan fingerprint density at radius 1 is 1.32 bits per heavy atom. The largest absolute Gasteiger partial charge is 0.440 e. The Hall–Kier alpha value is -3.24. The fourth-order valence-electron chi connectivity index (χ4n) is 3.39. The van der Waals surface area contributed by atoms with Crippen molar-refractivity contribution in [1.82, 2.24) is 0 Å². The van der Waals surface area contributed by atoms with Gasteiger partial charge < -0.3 is 20.2 Å². The van der Waals surface area contributed by atoms with Gasteiger partial charge >= 0.3 is 5.63 Å². The molecule has 3 heterocycles. The number of anilines is 1. The molecule has 124 valence electrons. The maximum atomic E-state index is 13.0. The first-order valence-corrected chi connectivity index (χ1v) is 7.62. The van der Waals surface area contributed by atoms with Crippen LogP contribution in [-0.2, 0) is 10.2 Å². The van der Waals surface area contributed by atoms with E-state index in [1.54, 1.807) is 19.1 Å². The number of fused-ring (bicyclic) bond motifs is 4. The lowest BCUT2D eigenvalue weighted by molar-refractivity contribution is -0.118. The molecule has 25 heavy (non-hydrogen) atoms. The van der Waals surface area contributed by atoms with Crippen LogP contribution in [0.3, 0.4) is 0 Å². The van der Waals surface area contributed by atoms with Gasteiger partial charge in [-0.25, -0.2) is 4.79 Å². The molecule has 4 rings (SSSR count). The highest BCUT2D eigenvalue weighted by Crippen LogP contribution is 2.52. The van der Waals surface area contributed by atoms with Gasteiger partial charge in [0.25, 0.3) is 0 Å². The van der Waals surface area contributed by atoms with E-state index < -0.39 is 16.9 Å². The number of benzene rings is 1. The first kappa shape index (κ1) is 15.3. The summed E-state index contributed by atoms with van der Waals surface area (Å²) in [7, 11) is 0. The second-order valence-electron chi connectivity index (χ2n) is 5.73. The van der Waals surface area contributed by atoms with Crippen LogP contribution in [0.1, 0.15) is 16.9 Å².